The molecule has 1 N–H and O–H groups in total. The molecule has 1 aromatic carbocycles. The molecule has 0 bridgehead atoms. The van der Waals surface area contributed by atoms with Crippen molar-refractivity contribution in [3.8, 4) is 16.2 Å². The number of hydrogen-bond acceptors (Lipinski definition) is 4. The topological polar surface area (TPSA) is 42.4 Å². The van der Waals surface area contributed by atoms with Crippen LogP contribution in [0.4, 0.5) is 0 Å². The summed E-state index contributed by atoms with van der Waals surface area (Å²) >= 11 is 7.51. The van der Waals surface area contributed by atoms with Crippen molar-refractivity contribution >= 4 is 22.9 Å². The summed E-state index contributed by atoms with van der Waals surface area (Å²) in [7, 11) is 0. The maximum absolute atomic E-state index is 10.0. The average Bonchev–Trinajstić information content (AvgIpc) is 3.06. The average molecular weight is 360 g/mol. The van der Waals surface area contributed by atoms with E-state index < -0.39 is 6.10 Å². The summed E-state index contributed by atoms with van der Waals surface area (Å²) in [5.74, 6) is 0.752. The molecular weight excluding hydrogens is 342 g/mol. The number of hydrogen-bond donors (Lipinski definition) is 1. The number of rotatable bonds is 7. The lowest BCUT2D eigenvalue weighted by atomic mass is 10.1. The molecule has 5 heteroatoms. The van der Waals surface area contributed by atoms with Crippen LogP contribution in [0.3, 0.4) is 0 Å². The number of benzene rings is 1. The predicted octanol–water partition coefficient (Wildman–Crippen LogP) is 4.84. The van der Waals surface area contributed by atoms with Crippen LogP contribution in [0.2, 0.25) is 4.34 Å². The SMILES string of the molecule is O[C@H](CCc1cccnc1)COc1ccc(-c2ccc(Cl)s2)cc1. The Kier molecular flexibility index (Phi) is 5.86. The van der Waals surface area contributed by atoms with Crippen molar-refractivity contribution in [2.45, 2.75) is 18.9 Å². The van der Waals surface area contributed by atoms with Gasteiger partial charge >= 0.3 is 0 Å². The van der Waals surface area contributed by atoms with Gasteiger partial charge in [-0.25, -0.2) is 0 Å². The molecule has 0 aliphatic heterocycles. The maximum Gasteiger partial charge on any atom is 0.119 e. The molecule has 1 atom stereocenters. The van der Waals surface area contributed by atoms with Crippen LogP contribution < -0.4 is 4.74 Å². The van der Waals surface area contributed by atoms with Crippen molar-refractivity contribution in [1.29, 1.82) is 0 Å². The van der Waals surface area contributed by atoms with E-state index in [0.717, 1.165) is 32.5 Å². The zero-order valence-corrected chi connectivity index (χ0v) is 14.6. The Morgan fingerprint density at radius 2 is 1.96 bits per heavy atom. The fourth-order valence-electron chi connectivity index (χ4n) is 2.34. The molecule has 124 valence electrons. The predicted molar refractivity (Wildman–Crippen MR) is 98.8 cm³/mol. The van der Waals surface area contributed by atoms with E-state index in [9.17, 15) is 5.11 Å². The number of aliphatic hydroxyl groups excluding tert-OH is 1. The third-order valence-electron chi connectivity index (χ3n) is 3.64. The van der Waals surface area contributed by atoms with Crippen LogP contribution in [0, 0.1) is 0 Å². The smallest absolute Gasteiger partial charge is 0.119 e. The van der Waals surface area contributed by atoms with Crippen LogP contribution in [0.5, 0.6) is 5.75 Å². The van der Waals surface area contributed by atoms with E-state index in [0.29, 0.717) is 6.42 Å². The molecule has 3 nitrogen and oxygen atoms in total. The van der Waals surface area contributed by atoms with Crippen molar-refractivity contribution in [3.05, 3.63) is 70.8 Å². The van der Waals surface area contributed by atoms with Crippen molar-refractivity contribution in [2.24, 2.45) is 0 Å². The van der Waals surface area contributed by atoms with Crippen molar-refractivity contribution < 1.29 is 9.84 Å². The standard InChI is InChI=1S/C19H18ClNO2S/c20-19-10-9-18(24-19)15-4-7-17(8-5-15)23-13-16(22)6-3-14-2-1-11-21-12-14/h1-2,4-5,7-12,16,22H,3,6,13H2/t16-/m1/s1. The van der Waals surface area contributed by atoms with Crippen LogP contribution in [0.25, 0.3) is 10.4 Å². The van der Waals surface area contributed by atoms with Gasteiger partial charge in [-0.15, -0.1) is 11.3 Å². The van der Waals surface area contributed by atoms with Gasteiger partial charge in [0.25, 0.3) is 0 Å². The zero-order chi connectivity index (χ0) is 16.8. The lowest BCUT2D eigenvalue weighted by Gasteiger charge is -2.12. The molecule has 0 saturated carbocycles. The van der Waals surface area contributed by atoms with E-state index in [2.05, 4.69) is 4.98 Å². The fraction of sp³-hybridized carbons (Fsp3) is 0.211. The molecule has 0 aliphatic carbocycles. The molecular formula is C19H18ClNO2S. The van der Waals surface area contributed by atoms with Crippen LogP contribution in [-0.2, 0) is 6.42 Å². The number of pyridine rings is 1. The minimum atomic E-state index is -0.499. The number of halogens is 1. The molecule has 0 amide bonds. The van der Waals surface area contributed by atoms with Gasteiger partial charge < -0.3 is 9.84 Å². The van der Waals surface area contributed by atoms with Crippen molar-refractivity contribution in [1.82, 2.24) is 4.98 Å². The van der Waals surface area contributed by atoms with Gasteiger partial charge in [-0.2, -0.15) is 0 Å². The fourth-order valence-corrected chi connectivity index (χ4v) is 3.39. The Bertz CT molecular complexity index is 759. The zero-order valence-electron chi connectivity index (χ0n) is 13.1. The summed E-state index contributed by atoms with van der Waals surface area (Å²) in [5.41, 5.74) is 2.23. The highest BCUT2D eigenvalue weighted by Gasteiger charge is 2.07. The van der Waals surface area contributed by atoms with Gasteiger partial charge in [0.15, 0.2) is 0 Å². The minimum Gasteiger partial charge on any atom is -0.491 e. The molecule has 0 saturated heterocycles. The highest BCUT2D eigenvalue weighted by Crippen LogP contribution is 2.31. The van der Waals surface area contributed by atoms with E-state index in [-0.39, 0.29) is 6.61 Å². The van der Waals surface area contributed by atoms with Gasteiger partial charge in [0.05, 0.1) is 10.4 Å². The van der Waals surface area contributed by atoms with E-state index in [1.807, 2.05) is 54.7 Å². The number of aryl methyl sites for hydroxylation is 1. The second-order valence-corrected chi connectivity index (χ2v) is 7.21. The largest absolute Gasteiger partial charge is 0.491 e. The highest BCUT2D eigenvalue weighted by molar-refractivity contribution is 7.19. The molecule has 2 heterocycles. The first-order valence-electron chi connectivity index (χ1n) is 7.76. The monoisotopic (exact) mass is 359 g/mol. The Hall–Kier alpha value is -1.88. The molecule has 0 spiro atoms. The number of aromatic nitrogens is 1. The highest BCUT2D eigenvalue weighted by atomic mass is 35.5. The second-order valence-electron chi connectivity index (χ2n) is 5.49. The van der Waals surface area contributed by atoms with Gasteiger partial charge in [-0.3, -0.25) is 4.98 Å². The van der Waals surface area contributed by atoms with Crippen LogP contribution >= 0.6 is 22.9 Å². The Labute approximate surface area is 150 Å². The molecule has 3 rings (SSSR count). The van der Waals surface area contributed by atoms with Crippen molar-refractivity contribution in [2.75, 3.05) is 6.61 Å². The summed E-state index contributed by atoms with van der Waals surface area (Å²) in [6.45, 7) is 0.282. The minimum absolute atomic E-state index is 0.282. The second kappa shape index (κ2) is 8.29. The van der Waals surface area contributed by atoms with Gasteiger partial charge in [0.1, 0.15) is 12.4 Å². The maximum atomic E-state index is 10.0. The molecule has 3 aromatic rings. The van der Waals surface area contributed by atoms with Gasteiger partial charge in [-0.05, 0) is 66.4 Å². The summed E-state index contributed by atoms with van der Waals surface area (Å²) in [5, 5.41) is 10.0. The third kappa shape index (κ3) is 4.81. The van der Waals surface area contributed by atoms with Crippen molar-refractivity contribution in [3.63, 3.8) is 0 Å². The number of thiophene rings is 1. The molecule has 0 unspecified atom stereocenters. The number of aliphatic hydroxyl groups is 1. The molecule has 0 radical (unpaired) electrons. The van der Waals surface area contributed by atoms with E-state index in [1.54, 1.807) is 17.5 Å². The van der Waals surface area contributed by atoms with E-state index in [4.69, 9.17) is 16.3 Å². The summed E-state index contributed by atoms with van der Waals surface area (Å²) < 4.78 is 6.44. The van der Waals surface area contributed by atoms with Crippen LogP contribution in [0.15, 0.2) is 60.9 Å². The Morgan fingerprint density at radius 1 is 1.12 bits per heavy atom. The molecule has 2 aromatic heterocycles. The first-order valence-corrected chi connectivity index (χ1v) is 8.96. The summed E-state index contributed by atoms with van der Waals surface area (Å²) in [4.78, 5) is 5.20. The summed E-state index contributed by atoms with van der Waals surface area (Å²) in [6.07, 6.45) is 4.51. The third-order valence-corrected chi connectivity index (χ3v) is 4.92. The van der Waals surface area contributed by atoms with E-state index in [1.165, 1.54) is 0 Å². The number of ether oxygens (including phenoxy) is 1. The van der Waals surface area contributed by atoms with E-state index >= 15 is 0 Å². The quantitative estimate of drug-likeness (QED) is 0.656. The molecule has 24 heavy (non-hydrogen) atoms. The molecule has 0 fully saturated rings. The molecule has 0 aliphatic rings. The Balaban J connectivity index is 1.47. The summed E-state index contributed by atoms with van der Waals surface area (Å²) in [6, 6.07) is 15.6. The number of nitrogens with zero attached hydrogens (tertiary/aromatic N) is 1. The first-order chi connectivity index (χ1) is 11.7. The van der Waals surface area contributed by atoms with Gasteiger partial charge in [-0.1, -0.05) is 17.7 Å². The lowest BCUT2D eigenvalue weighted by Crippen LogP contribution is -2.18. The van der Waals surface area contributed by atoms with Gasteiger partial charge in [0.2, 0.25) is 0 Å². The first kappa shape index (κ1) is 17.0. The normalized spacial score (nSPS) is 12.1. The Morgan fingerprint density at radius 3 is 2.62 bits per heavy atom. The van der Waals surface area contributed by atoms with Crippen LogP contribution in [-0.4, -0.2) is 22.8 Å². The van der Waals surface area contributed by atoms with Gasteiger partial charge in [0, 0.05) is 17.3 Å². The lowest BCUT2D eigenvalue weighted by molar-refractivity contribution is 0.100. The van der Waals surface area contributed by atoms with Crippen LogP contribution in [0.1, 0.15) is 12.0 Å².